The van der Waals surface area contributed by atoms with Gasteiger partial charge in [-0.25, -0.2) is 4.39 Å². The van der Waals surface area contributed by atoms with E-state index >= 15 is 0 Å². The Bertz CT molecular complexity index is 831. The van der Waals surface area contributed by atoms with Crippen LogP contribution in [0.1, 0.15) is 22.0 Å². The molecule has 0 spiro atoms. The van der Waals surface area contributed by atoms with E-state index < -0.39 is 5.82 Å². The van der Waals surface area contributed by atoms with Crippen LogP contribution in [0.3, 0.4) is 0 Å². The molecule has 0 aliphatic carbocycles. The highest BCUT2D eigenvalue weighted by Gasteiger charge is 2.18. The van der Waals surface area contributed by atoms with Crippen molar-refractivity contribution in [2.24, 2.45) is 0 Å². The lowest BCUT2D eigenvalue weighted by molar-refractivity contribution is -0.123. The Morgan fingerprint density at radius 2 is 1.88 bits per heavy atom. The van der Waals surface area contributed by atoms with Gasteiger partial charge < -0.3 is 10.1 Å². The molecule has 0 saturated carbocycles. The molecular formula is C20H18FNO2S. The van der Waals surface area contributed by atoms with Crippen LogP contribution in [0.5, 0.6) is 5.75 Å². The van der Waals surface area contributed by atoms with E-state index in [0.717, 1.165) is 16.0 Å². The van der Waals surface area contributed by atoms with Crippen molar-refractivity contribution in [2.45, 2.75) is 13.0 Å². The molecule has 25 heavy (non-hydrogen) atoms. The standard InChI is InChI=1S/C20H18FNO2S/c1-14-8-10-15(11-9-14)20(18-7-4-12-25-18)22-19(23)13-24-17-6-3-2-5-16(17)21/h2-12,20H,13H2,1H3,(H,22,23). The predicted octanol–water partition coefficient (Wildman–Crippen LogP) is 4.48. The number of carbonyl (C=O) groups is 1. The second-order valence-corrected chi connectivity index (χ2v) is 6.62. The number of ether oxygens (including phenoxy) is 1. The van der Waals surface area contributed by atoms with Gasteiger partial charge in [0.25, 0.3) is 5.91 Å². The van der Waals surface area contributed by atoms with Crippen LogP contribution in [-0.4, -0.2) is 12.5 Å². The fourth-order valence-electron chi connectivity index (χ4n) is 2.44. The van der Waals surface area contributed by atoms with Gasteiger partial charge in [-0.1, -0.05) is 48.0 Å². The summed E-state index contributed by atoms with van der Waals surface area (Å²) < 4.78 is 18.9. The van der Waals surface area contributed by atoms with Crippen LogP contribution in [0, 0.1) is 12.7 Å². The first-order chi connectivity index (χ1) is 12.1. The molecule has 3 nitrogen and oxygen atoms in total. The number of hydrogen-bond donors (Lipinski definition) is 1. The van der Waals surface area contributed by atoms with Crippen LogP contribution >= 0.6 is 11.3 Å². The fraction of sp³-hybridized carbons (Fsp3) is 0.150. The summed E-state index contributed by atoms with van der Waals surface area (Å²) in [5.74, 6) is -0.716. The van der Waals surface area contributed by atoms with Gasteiger partial charge in [0.2, 0.25) is 0 Å². The Morgan fingerprint density at radius 3 is 2.56 bits per heavy atom. The molecule has 0 aliphatic rings. The van der Waals surface area contributed by atoms with Gasteiger partial charge in [0, 0.05) is 4.88 Å². The minimum Gasteiger partial charge on any atom is -0.481 e. The highest BCUT2D eigenvalue weighted by atomic mass is 32.1. The Hall–Kier alpha value is -2.66. The molecule has 2 aromatic carbocycles. The molecule has 1 amide bonds. The van der Waals surface area contributed by atoms with E-state index in [9.17, 15) is 9.18 Å². The van der Waals surface area contributed by atoms with Gasteiger partial charge in [-0.3, -0.25) is 4.79 Å². The van der Waals surface area contributed by atoms with Crippen molar-refractivity contribution in [3.05, 3.63) is 87.9 Å². The zero-order valence-corrected chi connectivity index (χ0v) is 14.6. The maximum atomic E-state index is 13.6. The van der Waals surface area contributed by atoms with Gasteiger partial charge >= 0.3 is 0 Å². The third kappa shape index (κ3) is 4.45. The van der Waals surface area contributed by atoms with E-state index in [4.69, 9.17) is 4.74 Å². The van der Waals surface area contributed by atoms with E-state index in [1.807, 2.05) is 48.7 Å². The summed E-state index contributed by atoms with van der Waals surface area (Å²) in [5.41, 5.74) is 2.15. The van der Waals surface area contributed by atoms with Gasteiger partial charge in [-0.15, -0.1) is 11.3 Å². The largest absolute Gasteiger partial charge is 0.481 e. The first-order valence-corrected chi connectivity index (χ1v) is 8.78. The minimum absolute atomic E-state index is 0.0701. The SMILES string of the molecule is Cc1ccc(C(NC(=O)COc2ccccc2F)c2cccs2)cc1. The molecule has 1 unspecified atom stereocenters. The van der Waals surface area contributed by atoms with Gasteiger partial charge in [-0.05, 0) is 36.1 Å². The number of thiophene rings is 1. The minimum atomic E-state index is -0.483. The molecule has 5 heteroatoms. The summed E-state index contributed by atoms with van der Waals surface area (Å²) in [6.07, 6.45) is 0. The topological polar surface area (TPSA) is 38.3 Å². The summed E-state index contributed by atoms with van der Waals surface area (Å²) in [4.78, 5) is 13.4. The number of benzene rings is 2. The second kappa shape index (κ2) is 7.94. The fourth-order valence-corrected chi connectivity index (χ4v) is 3.24. The van der Waals surface area contributed by atoms with Crippen molar-refractivity contribution in [3.63, 3.8) is 0 Å². The van der Waals surface area contributed by atoms with Crippen LogP contribution in [0.25, 0.3) is 0 Å². The molecule has 1 aromatic heterocycles. The highest BCUT2D eigenvalue weighted by molar-refractivity contribution is 7.10. The maximum absolute atomic E-state index is 13.6. The molecule has 0 radical (unpaired) electrons. The quantitative estimate of drug-likeness (QED) is 0.708. The van der Waals surface area contributed by atoms with Crippen molar-refractivity contribution in [1.82, 2.24) is 5.32 Å². The highest BCUT2D eigenvalue weighted by Crippen LogP contribution is 2.26. The molecular weight excluding hydrogens is 337 g/mol. The zero-order chi connectivity index (χ0) is 17.6. The summed E-state index contributed by atoms with van der Waals surface area (Å²) in [6.45, 7) is 1.78. The molecule has 1 atom stereocenters. The molecule has 1 N–H and O–H groups in total. The number of nitrogens with one attached hydrogen (secondary N) is 1. The maximum Gasteiger partial charge on any atom is 0.258 e. The van der Waals surface area contributed by atoms with Crippen LogP contribution in [0.4, 0.5) is 4.39 Å². The number of halogens is 1. The van der Waals surface area contributed by atoms with Crippen molar-refractivity contribution in [1.29, 1.82) is 0 Å². The van der Waals surface area contributed by atoms with Crippen molar-refractivity contribution in [3.8, 4) is 5.75 Å². The van der Waals surface area contributed by atoms with Gasteiger partial charge in [-0.2, -0.15) is 0 Å². The predicted molar refractivity (Wildman–Crippen MR) is 97.4 cm³/mol. The van der Waals surface area contributed by atoms with Crippen molar-refractivity contribution in [2.75, 3.05) is 6.61 Å². The van der Waals surface area contributed by atoms with Crippen molar-refractivity contribution >= 4 is 17.2 Å². The lowest BCUT2D eigenvalue weighted by Crippen LogP contribution is -2.33. The zero-order valence-electron chi connectivity index (χ0n) is 13.7. The van der Waals surface area contributed by atoms with E-state index in [1.54, 1.807) is 23.5 Å². The molecule has 3 rings (SSSR count). The molecule has 0 fully saturated rings. The number of rotatable bonds is 6. The monoisotopic (exact) mass is 355 g/mol. The first kappa shape index (κ1) is 17.2. The number of amides is 1. The smallest absolute Gasteiger partial charge is 0.258 e. The number of carbonyl (C=O) groups excluding carboxylic acids is 1. The molecule has 0 bridgehead atoms. The Labute approximate surface area is 150 Å². The molecule has 0 saturated heterocycles. The summed E-state index contributed by atoms with van der Waals surface area (Å²) in [5, 5.41) is 4.94. The molecule has 3 aromatic rings. The second-order valence-electron chi connectivity index (χ2n) is 5.65. The van der Waals surface area contributed by atoms with E-state index in [2.05, 4.69) is 5.32 Å². The van der Waals surface area contributed by atoms with Crippen LogP contribution in [0.2, 0.25) is 0 Å². The van der Waals surface area contributed by atoms with Crippen LogP contribution < -0.4 is 10.1 Å². The molecule has 0 aliphatic heterocycles. The Balaban J connectivity index is 1.71. The van der Waals surface area contributed by atoms with E-state index in [0.29, 0.717) is 0 Å². The Morgan fingerprint density at radius 1 is 1.12 bits per heavy atom. The molecule has 1 heterocycles. The summed E-state index contributed by atoms with van der Waals surface area (Å²) in [6, 6.07) is 17.7. The van der Waals surface area contributed by atoms with Gasteiger partial charge in [0.15, 0.2) is 18.2 Å². The van der Waals surface area contributed by atoms with E-state index in [-0.39, 0.29) is 24.3 Å². The number of hydrogen-bond acceptors (Lipinski definition) is 3. The average molecular weight is 355 g/mol. The first-order valence-electron chi connectivity index (χ1n) is 7.90. The lowest BCUT2D eigenvalue weighted by atomic mass is 10.0. The number of para-hydroxylation sites is 1. The van der Waals surface area contributed by atoms with Gasteiger partial charge in [0.05, 0.1) is 6.04 Å². The number of aryl methyl sites for hydroxylation is 1. The third-order valence-corrected chi connectivity index (χ3v) is 4.68. The van der Waals surface area contributed by atoms with Gasteiger partial charge in [0.1, 0.15) is 0 Å². The summed E-state index contributed by atoms with van der Waals surface area (Å²) in [7, 11) is 0. The summed E-state index contributed by atoms with van der Waals surface area (Å²) >= 11 is 1.57. The molecule has 128 valence electrons. The third-order valence-electron chi connectivity index (χ3n) is 3.74. The van der Waals surface area contributed by atoms with Crippen LogP contribution in [0.15, 0.2) is 66.0 Å². The van der Waals surface area contributed by atoms with Crippen LogP contribution in [-0.2, 0) is 4.79 Å². The normalized spacial score (nSPS) is 11.8. The Kier molecular flexibility index (Phi) is 5.46. The van der Waals surface area contributed by atoms with E-state index in [1.165, 1.54) is 12.1 Å². The average Bonchev–Trinajstić information content (AvgIpc) is 3.14. The van der Waals surface area contributed by atoms with Crippen molar-refractivity contribution < 1.29 is 13.9 Å². The lowest BCUT2D eigenvalue weighted by Gasteiger charge is -2.18.